The highest BCUT2D eigenvalue weighted by molar-refractivity contribution is 5.86. The standard InChI is InChI=1S/C8H14O7/c1-3(10)8(14)6(12)5(11)4(2-9)15-7(8)13/h4-7,9,11-14H,2H2,1H3/t4-,5+,6+,7+,8+/m1/s1. The number of ether oxygens (including phenoxy) is 1. The first-order chi connectivity index (χ1) is 6.85. The van der Waals surface area contributed by atoms with Crippen molar-refractivity contribution < 1.29 is 35.1 Å². The van der Waals surface area contributed by atoms with E-state index in [2.05, 4.69) is 4.74 Å². The van der Waals surface area contributed by atoms with Gasteiger partial charge in [0.2, 0.25) is 5.60 Å². The molecule has 0 bridgehead atoms. The molecule has 0 spiro atoms. The molecule has 1 aliphatic heterocycles. The predicted octanol–water partition coefficient (Wildman–Crippen LogP) is -3.26. The topological polar surface area (TPSA) is 127 Å². The van der Waals surface area contributed by atoms with E-state index < -0.39 is 42.6 Å². The van der Waals surface area contributed by atoms with Crippen LogP contribution in [0.1, 0.15) is 6.92 Å². The number of hydrogen-bond acceptors (Lipinski definition) is 7. The molecule has 0 amide bonds. The third-order valence-electron chi connectivity index (χ3n) is 2.58. The quantitative estimate of drug-likeness (QED) is 0.332. The second-order valence-corrected chi connectivity index (χ2v) is 3.53. The number of ketones is 1. The summed E-state index contributed by atoms with van der Waals surface area (Å²) in [4.78, 5) is 11.1. The molecule has 5 N–H and O–H groups in total. The molecule has 88 valence electrons. The summed E-state index contributed by atoms with van der Waals surface area (Å²) in [6.45, 7) is 0.297. The summed E-state index contributed by atoms with van der Waals surface area (Å²) in [7, 11) is 0. The van der Waals surface area contributed by atoms with E-state index in [0.29, 0.717) is 0 Å². The van der Waals surface area contributed by atoms with E-state index in [1.165, 1.54) is 0 Å². The van der Waals surface area contributed by atoms with E-state index in [-0.39, 0.29) is 0 Å². The van der Waals surface area contributed by atoms with E-state index in [9.17, 15) is 25.2 Å². The van der Waals surface area contributed by atoms with Crippen LogP contribution < -0.4 is 0 Å². The van der Waals surface area contributed by atoms with Gasteiger partial charge in [-0.25, -0.2) is 0 Å². The molecule has 1 heterocycles. The van der Waals surface area contributed by atoms with Gasteiger partial charge in [0, 0.05) is 0 Å². The summed E-state index contributed by atoms with van der Waals surface area (Å²) in [5.74, 6) is -0.932. The zero-order valence-corrected chi connectivity index (χ0v) is 8.07. The Bertz CT molecular complexity index is 255. The van der Waals surface area contributed by atoms with Gasteiger partial charge < -0.3 is 30.3 Å². The van der Waals surface area contributed by atoms with Crippen molar-refractivity contribution in [3.05, 3.63) is 0 Å². The average molecular weight is 222 g/mol. The van der Waals surface area contributed by atoms with Gasteiger partial charge in [-0.15, -0.1) is 0 Å². The molecule has 0 saturated carbocycles. The summed E-state index contributed by atoms with van der Waals surface area (Å²) in [6, 6.07) is 0. The Kier molecular flexibility index (Phi) is 3.44. The molecule has 0 unspecified atom stereocenters. The Morgan fingerprint density at radius 2 is 1.93 bits per heavy atom. The van der Waals surface area contributed by atoms with Crippen LogP contribution in [0, 0.1) is 0 Å². The van der Waals surface area contributed by atoms with Crippen LogP contribution in [0.25, 0.3) is 0 Å². The molecular formula is C8H14O7. The lowest BCUT2D eigenvalue weighted by Crippen LogP contribution is -2.69. The Balaban J connectivity index is 2.98. The molecule has 5 atom stereocenters. The van der Waals surface area contributed by atoms with Crippen LogP contribution in [0.5, 0.6) is 0 Å². The van der Waals surface area contributed by atoms with Gasteiger partial charge in [-0.05, 0) is 6.92 Å². The molecule has 0 radical (unpaired) electrons. The van der Waals surface area contributed by atoms with Gasteiger partial charge in [0.1, 0.15) is 18.3 Å². The minimum atomic E-state index is -2.56. The zero-order chi connectivity index (χ0) is 11.8. The van der Waals surface area contributed by atoms with Crippen LogP contribution in [0.4, 0.5) is 0 Å². The zero-order valence-electron chi connectivity index (χ0n) is 8.07. The largest absolute Gasteiger partial charge is 0.394 e. The third kappa shape index (κ3) is 1.78. The van der Waals surface area contributed by atoms with Crippen LogP contribution in [0.2, 0.25) is 0 Å². The van der Waals surface area contributed by atoms with E-state index in [4.69, 9.17) is 5.11 Å². The maximum absolute atomic E-state index is 11.1. The van der Waals surface area contributed by atoms with Crippen molar-refractivity contribution in [2.45, 2.75) is 37.1 Å². The fraction of sp³-hybridized carbons (Fsp3) is 0.875. The second kappa shape index (κ2) is 4.12. The van der Waals surface area contributed by atoms with Crippen LogP contribution >= 0.6 is 0 Å². The summed E-state index contributed by atoms with van der Waals surface area (Å²) >= 11 is 0. The lowest BCUT2D eigenvalue weighted by atomic mass is 9.84. The van der Waals surface area contributed by atoms with Crippen molar-refractivity contribution >= 4 is 5.78 Å². The van der Waals surface area contributed by atoms with E-state index in [1.54, 1.807) is 0 Å². The molecule has 1 aliphatic rings. The molecule has 0 aliphatic carbocycles. The monoisotopic (exact) mass is 222 g/mol. The summed E-state index contributed by atoms with van der Waals surface area (Å²) in [5.41, 5.74) is -2.56. The Morgan fingerprint density at radius 1 is 1.40 bits per heavy atom. The summed E-state index contributed by atoms with van der Waals surface area (Å²) in [5, 5.41) is 46.5. The van der Waals surface area contributed by atoms with Crippen LogP contribution in [0.15, 0.2) is 0 Å². The minimum Gasteiger partial charge on any atom is -0.394 e. The third-order valence-corrected chi connectivity index (χ3v) is 2.58. The van der Waals surface area contributed by atoms with Crippen LogP contribution in [-0.2, 0) is 9.53 Å². The molecule has 1 fully saturated rings. The predicted molar refractivity (Wildman–Crippen MR) is 45.6 cm³/mol. The fourth-order valence-electron chi connectivity index (χ4n) is 1.49. The molecule has 1 rings (SSSR count). The molecule has 7 nitrogen and oxygen atoms in total. The van der Waals surface area contributed by atoms with Gasteiger partial charge >= 0.3 is 0 Å². The molecule has 0 aromatic heterocycles. The van der Waals surface area contributed by atoms with E-state index in [0.717, 1.165) is 6.92 Å². The van der Waals surface area contributed by atoms with Gasteiger partial charge in [-0.1, -0.05) is 0 Å². The van der Waals surface area contributed by atoms with Gasteiger partial charge in [-0.2, -0.15) is 0 Å². The van der Waals surface area contributed by atoms with Crippen LogP contribution in [-0.4, -0.2) is 68.1 Å². The highest BCUT2D eigenvalue weighted by atomic mass is 16.6. The van der Waals surface area contributed by atoms with Crippen LogP contribution in [0.3, 0.4) is 0 Å². The number of carbonyl (C=O) groups excluding carboxylic acids is 1. The highest BCUT2D eigenvalue weighted by Crippen LogP contribution is 2.29. The lowest BCUT2D eigenvalue weighted by molar-refractivity contribution is -0.316. The molecule has 15 heavy (non-hydrogen) atoms. The molecular weight excluding hydrogens is 208 g/mol. The van der Waals surface area contributed by atoms with Crippen molar-refractivity contribution in [2.24, 2.45) is 0 Å². The number of aliphatic hydroxyl groups excluding tert-OH is 4. The molecule has 7 heteroatoms. The SMILES string of the molecule is CC(=O)[C@@]1(O)[C@@H](O)O[C@H](CO)[C@H](O)[C@@H]1O. The van der Waals surface area contributed by atoms with Crippen molar-refractivity contribution in [3.63, 3.8) is 0 Å². The smallest absolute Gasteiger partial charge is 0.202 e. The number of aliphatic hydroxyl groups is 5. The second-order valence-electron chi connectivity index (χ2n) is 3.53. The van der Waals surface area contributed by atoms with Gasteiger partial charge in [0.05, 0.1) is 6.61 Å². The number of Topliss-reactive ketones (excluding diaryl/α,β-unsaturated/α-hetero) is 1. The molecule has 1 saturated heterocycles. The Morgan fingerprint density at radius 3 is 2.33 bits per heavy atom. The first-order valence-electron chi connectivity index (χ1n) is 4.39. The van der Waals surface area contributed by atoms with E-state index in [1.807, 2.05) is 0 Å². The van der Waals surface area contributed by atoms with Gasteiger partial charge in [-0.3, -0.25) is 4.79 Å². The van der Waals surface area contributed by atoms with Crippen molar-refractivity contribution in [1.82, 2.24) is 0 Å². The summed E-state index contributed by atoms with van der Waals surface area (Å²) in [6.07, 6.45) is -6.77. The van der Waals surface area contributed by atoms with Gasteiger partial charge in [0.15, 0.2) is 12.1 Å². The van der Waals surface area contributed by atoms with E-state index >= 15 is 0 Å². The number of hydrogen-bond donors (Lipinski definition) is 5. The number of carbonyl (C=O) groups is 1. The van der Waals surface area contributed by atoms with Crippen molar-refractivity contribution in [3.8, 4) is 0 Å². The fourth-order valence-corrected chi connectivity index (χ4v) is 1.49. The Hall–Kier alpha value is -0.570. The normalized spacial score (nSPS) is 46.5. The summed E-state index contributed by atoms with van der Waals surface area (Å²) < 4.78 is 4.62. The first-order valence-corrected chi connectivity index (χ1v) is 4.39. The average Bonchev–Trinajstić information content (AvgIpc) is 2.20. The van der Waals surface area contributed by atoms with Crippen molar-refractivity contribution in [2.75, 3.05) is 6.61 Å². The molecule has 0 aromatic rings. The van der Waals surface area contributed by atoms with Gasteiger partial charge in [0.25, 0.3) is 0 Å². The lowest BCUT2D eigenvalue weighted by Gasteiger charge is -2.44. The van der Waals surface area contributed by atoms with Crippen molar-refractivity contribution in [1.29, 1.82) is 0 Å². The molecule has 0 aromatic carbocycles. The minimum absolute atomic E-state index is 0.650. The Labute approximate surface area is 85.5 Å². The maximum Gasteiger partial charge on any atom is 0.202 e. The first kappa shape index (κ1) is 12.5. The maximum atomic E-state index is 11.1. The number of rotatable bonds is 2. The highest BCUT2D eigenvalue weighted by Gasteiger charge is 2.57.